The summed E-state index contributed by atoms with van der Waals surface area (Å²) in [4.78, 5) is 3.94. The van der Waals surface area contributed by atoms with E-state index < -0.39 is 0 Å². The Balaban J connectivity index is 2.24. The molecule has 2 nitrogen and oxygen atoms in total. The topological polar surface area (TPSA) is 22.1 Å². The van der Waals surface area contributed by atoms with Crippen LogP contribution >= 0.6 is 11.6 Å². The summed E-state index contributed by atoms with van der Waals surface area (Å²) in [6.07, 6.45) is 3.34. The first-order valence-corrected chi connectivity index (χ1v) is 4.56. The number of rotatable bonds is 2. The maximum atomic E-state index is 5.93. The molecule has 14 heavy (non-hydrogen) atoms. The van der Waals surface area contributed by atoms with Crippen molar-refractivity contribution in [3.8, 4) is 11.5 Å². The molecule has 1 aromatic heterocycles. The van der Waals surface area contributed by atoms with Gasteiger partial charge in [-0.3, -0.25) is 4.98 Å². The van der Waals surface area contributed by atoms with Crippen LogP contribution in [0.2, 0.25) is 5.02 Å². The monoisotopic (exact) mass is 205 g/mol. The van der Waals surface area contributed by atoms with Crippen molar-refractivity contribution in [3.63, 3.8) is 0 Å². The summed E-state index contributed by atoms with van der Waals surface area (Å²) in [5, 5.41) is 0.594. The molecule has 0 aliphatic rings. The minimum absolute atomic E-state index is 0.594. The second-order valence-corrected chi connectivity index (χ2v) is 3.13. The van der Waals surface area contributed by atoms with E-state index in [1.54, 1.807) is 18.5 Å². The van der Waals surface area contributed by atoms with Gasteiger partial charge in [0, 0.05) is 6.20 Å². The third-order valence-electron chi connectivity index (χ3n) is 1.70. The second-order valence-electron chi connectivity index (χ2n) is 2.72. The lowest BCUT2D eigenvalue weighted by molar-refractivity contribution is 0.480. The highest BCUT2D eigenvalue weighted by molar-refractivity contribution is 6.32. The highest BCUT2D eigenvalue weighted by Crippen LogP contribution is 2.27. The summed E-state index contributed by atoms with van der Waals surface area (Å²) in [6.45, 7) is 0. The molecule has 0 bridgehead atoms. The summed E-state index contributed by atoms with van der Waals surface area (Å²) in [6, 6.07) is 11.0. The molecule has 0 fully saturated rings. The van der Waals surface area contributed by atoms with E-state index in [1.165, 1.54) is 0 Å². The average Bonchev–Trinajstić information content (AvgIpc) is 2.23. The lowest BCUT2D eigenvalue weighted by Crippen LogP contribution is -1.84. The Labute approximate surface area is 87.1 Å². The van der Waals surface area contributed by atoms with Crippen LogP contribution in [0.1, 0.15) is 0 Å². The summed E-state index contributed by atoms with van der Waals surface area (Å²) in [5.74, 6) is 1.32. The first kappa shape index (κ1) is 9.03. The van der Waals surface area contributed by atoms with Crippen LogP contribution in [0.5, 0.6) is 11.5 Å². The molecule has 0 unspecified atom stereocenters. The summed E-state index contributed by atoms with van der Waals surface area (Å²) in [5.41, 5.74) is 0. The minimum atomic E-state index is 0.594. The lowest BCUT2D eigenvalue weighted by Gasteiger charge is -2.05. The van der Waals surface area contributed by atoms with E-state index >= 15 is 0 Å². The van der Waals surface area contributed by atoms with Crippen LogP contribution < -0.4 is 4.74 Å². The molecule has 70 valence electrons. The number of hydrogen-bond donors (Lipinski definition) is 0. The third kappa shape index (κ3) is 2.03. The van der Waals surface area contributed by atoms with Crippen LogP contribution in [-0.2, 0) is 0 Å². The van der Waals surface area contributed by atoms with Gasteiger partial charge in [0.15, 0.2) is 0 Å². The molecule has 1 heterocycles. The van der Waals surface area contributed by atoms with Crippen molar-refractivity contribution in [1.29, 1.82) is 0 Å². The highest BCUT2D eigenvalue weighted by atomic mass is 35.5. The quantitative estimate of drug-likeness (QED) is 0.748. The van der Waals surface area contributed by atoms with Crippen LogP contribution in [0, 0.1) is 0 Å². The van der Waals surface area contributed by atoms with E-state index in [1.807, 2.05) is 30.3 Å². The van der Waals surface area contributed by atoms with Gasteiger partial charge in [-0.25, -0.2) is 0 Å². The van der Waals surface area contributed by atoms with Gasteiger partial charge in [-0.1, -0.05) is 23.7 Å². The van der Waals surface area contributed by atoms with Gasteiger partial charge in [0.1, 0.15) is 11.5 Å². The molecule has 0 aliphatic heterocycles. The zero-order chi connectivity index (χ0) is 9.80. The number of pyridine rings is 1. The van der Waals surface area contributed by atoms with Gasteiger partial charge in [-0.05, 0) is 24.3 Å². The molecule has 1 aromatic carbocycles. The Morgan fingerprint density at radius 2 is 1.93 bits per heavy atom. The second kappa shape index (κ2) is 4.11. The Morgan fingerprint density at radius 3 is 2.64 bits per heavy atom. The molecule has 0 radical (unpaired) electrons. The number of halogens is 1. The van der Waals surface area contributed by atoms with Gasteiger partial charge in [0.25, 0.3) is 0 Å². The lowest BCUT2D eigenvalue weighted by atomic mass is 10.3. The van der Waals surface area contributed by atoms with Crippen LogP contribution in [0.3, 0.4) is 0 Å². The zero-order valence-corrected chi connectivity index (χ0v) is 8.11. The SMILES string of the molecule is Clc1ccccc1Oc1cccnc1. The van der Waals surface area contributed by atoms with Crippen molar-refractivity contribution < 1.29 is 4.74 Å². The average molecular weight is 206 g/mol. The van der Waals surface area contributed by atoms with E-state index in [9.17, 15) is 0 Å². The smallest absolute Gasteiger partial charge is 0.146 e. The summed E-state index contributed by atoms with van der Waals surface area (Å²) in [7, 11) is 0. The third-order valence-corrected chi connectivity index (χ3v) is 2.01. The van der Waals surface area contributed by atoms with E-state index in [4.69, 9.17) is 16.3 Å². The summed E-state index contributed by atoms with van der Waals surface area (Å²) < 4.78 is 5.51. The fraction of sp³-hybridized carbons (Fsp3) is 0. The predicted octanol–water partition coefficient (Wildman–Crippen LogP) is 3.53. The number of aromatic nitrogens is 1. The minimum Gasteiger partial charge on any atom is -0.454 e. The molecule has 0 atom stereocenters. The fourth-order valence-corrected chi connectivity index (χ4v) is 1.24. The van der Waals surface area contributed by atoms with Crippen LogP contribution in [0.4, 0.5) is 0 Å². The van der Waals surface area contributed by atoms with Crippen LogP contribution in [-0.4, -0.2) is 4.98 Å². The Morgan fingerprint density at radius 1 is 1.07 bits per heavy atom. The number of hydrogen-bond acceptors (Lipinski definition) is 2. The zero-order valence-electron chi connectivity index (χ0n) is 7.35. The standard InChI is InChI=1S/C11H8ClNO/c12-10-5-1-2-6-11(10)14-9-4-3-7-13-8-9/h1-8H. The molecule has 0 spiro atoms. The van der Waals surface area contributed by atoms with Crippen molar-refractivity contribution in [2.45, 2.75) is 0 Å². The van der Waals surface area contributed by atoms with Gasteiger partial charge in [0.2, 0.25) is 0 Å². The molecule has 0 saturated carbocycles. The van der Waals surface area contributed by atoms with Gasteiger partial charge in [0.05, 0.1) is 11.2 Å². The van der Waals surface area contributed by atoms with Gasteiger partial charge < -0.3 is 4.74 Å². The van der Waals surface area contributed by atoms with Crippen molar-refractivity contribution in [3.05, 3.63) is 53.8 Å². The van der Waals surface area contributed by atoms with Crippen LogP contribution in [0.15, 0.2) is 48.8 Å². The van der Waals surface area contributed by atoms with Crippen molar-refractivity contribution >= 4 is 11.6 Å². The van der Waals surface area contributed by atoms with Crippen molar-refractivity contribution in [2.24, 2.45) is 0 Å². The molecular weight excluding hydrogens is 198 g/mol. The van der Waals surface area contributed by atoms with Gasteiger partial charge >= 0.3 is 0 Å². The maximum absolute atomic E-state index is 5.93. The van der Waals surface area contributed by atoms with E-state index in [2.05, 4.69) is 4.98 Å². The fourth-order valence-electron chi connectivity index (χ4n) is 1.06. The van der Waals surface area contributed by atoms with Gasteiger partial charge in [-0.2, -0.15) is 0 Å². The van der Waals surface area contributed by atoms with Crippen molar-refractivity contribution in [1.82, 2.24) is 4.98 Å². The molecule has 2 rings (SSSR count). The van der Waals surface area contributed by atoms with Crippen LogP contribution in [0.25, 0.3) is 0 Å². The van der Waals surface area contributed by atoms with Crippen molar-refractivity contribution in [2.75, 3.05) is 0 Å². The molecule has 0 saturated heterocycles. The normalized spacial score (nSPS) is 9.79. The number of nitrogens with zero attached hydrogens (tertiary/aromatic N) is 1. The van der Waals surface area contributed by atoms with Gasteiger partial charge in [-0.15, -0.1) is 0 Å². The van der Waals surface area contributed by atoms with E-state index in [0.717, 1.165) is 0 Å². The first-order chi connectivity index (χ1) is 6.86. The molecule has 2 aromatic rings. The first-order valence-electron chi connectivity index (χ1n) is 4.18. The predicted molar refractivity (Wildman–Crippen MR) is 55.8 cm³/mol. The highest BCUT2D eigenvalue weighted by Gasteiger charge is 2.00. The molecule has 0 aliphatic carbocycles. The summed E-state index contributed by atoms with van der Waals surface area (Å²) >= 11 is 5.93. The number of para-hydroxylation sites is 1. The Hall–Kier alpha value is -1.54. The van der Waals surface area contributed by atoms with E-state index in [-0.39, 0.29) is 0 Å². The maximum Gasteiger partial charge on any atom is 0.146 e. The molecule has 0 amide bonds. The molecule has 3 heteroatoms. The number of ether oxygens (including phenoxy) is 1. The largest absolute Gasteiger partial charge is 0.454 e. The Kier molecular flexibility index (Phi) is 2.65. The molecular formula is C11H8ClNO. The number of benzene rings is 1. The Bertz CT molecular complexity index is 417. The van der Waals surface area contributed by atoms with E-state index in [0.29, 0.717) is 16.5 Å². The molecule has 0 N–H and O–H groups in total.